The smallest absolute Gasteiger partial charge is 0.236 e. The lowest BCUT2D eigenvalue weighted by molar-refractivity contribution is -0.118. The van der Waals surface area contributed by atoms with Gasteiger partial charge in [-0.2, -0.15) is 0 Å². The monoisotopic (exact) mass is 386 g/mol. The van der Waals surface area contributed by atoms with Crippen LogP contribution in [0.3, 0.4) is 0 Å². The lowest BCUT2D eigenvalue weighted by Crippen LogP contribution is -2.27. The van der Waals surface area contributed by atoms with Crippen molar-refractivity contribution in [2.75, 3.05) is 12.3 Å². The maximum absolute atomic E-state index is 12.0. The average molecular weight is 387 g/mol. The quantitative estimate of drug-likeness (QED) is 0.614. The van der Waals surface area contributed by atoms with Gasteiger partial charge in [0.15, 0.2) is 0 Å². The number of thioether (sulfide) groups is 1. The molecule has 3 rings (SSSR count). The molecule has 2 heterocycles. The van der Waals surface area contributed by atoms with Gasteiger partial charge in [-0.05, 0) is 37.3 Å². The van der Waals surface area contributed by atoms with Gasteiger partial charge in [0.1, 0.15) is 5.76 Å². The number of hydrogen-bond donors (Lipinski definition) is 1. The van der Waals surface area contributed by atoms with Crippen LogP contribution < -0.4 is 5.32 Å². The highest BCUT2D eigenvalue weighted by molar-refractivity contribution is 7.99. The Morgan fingerprint density at radius 2 is 2.04 bits per heavy atom. The first-order valence-electron chi connectivity index (χ1n) is 8.52. The SMILES string of the molecule is Cc1ccc(CCNC(=O)CSCc2nc(-c3cccs3)oc2C)cc1. The van der Waals surface area contributed by atoms with E-state index in [1.165, 1.54) is 11.1 Å². The maximum atomic E-state index is 12.0. The Bertz CT molecular complexity index is 839. The minimum absolute atomic E-state index is 0.0572. The molecule has 0 aliphatic rings. The molecular weight excluding hydrogens is 364 g/mol. The highest BCUT2D eigenvalue weighted by Gasteiger charge is 2.12. The van der Waals surface area contributed by atoms with Crippen molar-refractivity contribution in [1.29, 1.82) is 0 Å². The van der Waals surface area contributed by atoms with Gasteiger partial charge in [0.2, 0.25) is 11.8 Å². The summed E-state index contributed by atoms with van der Waals surface area (Å²) < 4.78 is 5.72. The first kappa shape index (κ1) is 18.7. The van der Waals surface area contributed by atoms with Gasteiger partial charge in [-0.15, -0.1) is 23.1 Å². The third kappa shape index (κ3) is 5.22. The van der Waals surface area contributed by atoms with E-state index >= 15 is 0 Å². The molecule has 136 valence electrons. The Morgan fingerprint density at radius 1 is 1.23 bits per heavy atom. The van der Waals surface area contributed by atoms with Crippen molar-refractivity contribution < 1.29 is 9.21 Å². The molecule has 1 N–H and O–H groups in total. The van der Waals surface area contributed by atoms with E-state index in [1.807, 2.05) is 24.4 Å². The summed E-state index contributed by atoms with van der Waals surface area (Å²) in [6, 6.07) is 12.4. The van der Waals surface area contributed by atoms with Crippen molar-refractivity contribution in [3.05, 3.63) is 64.4 Å². The molecule has 0 saturated carbocycles. The van der Waals surface area contributed by atoms with Crippen LogP contribution >= 0.6 is 23.1 Å². The molecule has 4 nitrogen and oxygen atoms in total. The molecule has 26 heavy (non-hydrogen) atoms. The first-order valence-corrected chi connectivity index (χ1v) is 10.6. The van der Waals surface area contributed by atoms with E-state index in [1.54, 1.807) is 23.1 Å². The lowest BCUT2D eigenvalue weighted by Gasteiger charge is -2.05. The number of rotatable bonds is 8. The zero-order valence-corrected chi connectivity index (χ0v) is 16.6. The Hall–Kier alpha value is -2.05. The topological polar surface area (TPSA) is 55.1 Å². The second kappa shape index (κ2) is 9.05. The summed E-state index contributed by atoms with van der Waals surface area (Å²) in [5.74, 6) is 2.64. The third-order valence-corrected chi connectivity index (χ3v) is 5.75. The minimum Gasteiger partial charge on any atom is -0.440 e. The van der Waals surface area contributed by atoms with Crippen LogP contribution in [-0.2, 0) is 17.0 Å². The van der Waals surface area contributed by atoms with Crippen LogP contribution in [0.4, 0.5) is 0 Å². The van der Waals surface area contributed by atoms with Gasteiger partial charge in [0.25, 0.3) is 0 Å². The molecule has 0 atom stereocenters. The number of nitrogens with zero attached hydrogens (tertiary/aromatic N) is 1. The van der Waals surface area contributed by atoms with Gasteiger partial charge in [-0.3, -0.25) is 4.79 Å². The summed E-state index contributed by atoms with van der Waals surface area (Å²) in [4.78, 5) is 17.6. The van der Waals surface area contributed by atoms with Crippen LogP contribution in [-0.4, -0.2) is 23.2 Å². The van der Waals surface area contributed by atoms with Crippen molar-refractivity contribution in [2.45, 2.75) is 26.0 Å². The van der Waals surface area contributed by atoms with E-state index in [0.29, 0.717) is 23.9 Å². The van der Waals surface area contributed by atoms with Crippen molar-refractivity contribution in [2.24, 2.45) is 0 Å². The molecule has 6 heteroatoms. The molecule has 1 amide bonds. The number of carbonyl (C=O) groups is 1. The van der Waals surface area contributed by atoms with Gasteiger partial charge in [-0.1, -0.05) is 35.9 Å². The Labute approximate surface area is 162 Å². The number of amides is 1. The van der Waals surface area contributed by atoms with Crippen molar-refractivity contribution in [3.8, 4) is 10.8 Å². The summed E-state index contributed by atoms with van der Waals surface area (Å²) >= 11 is 3.16. The molecule has 1 aromatic carbocycles. The van der Waals surface area contributed by atoms with Crippen molar-refractivity contribution in [3.63, 3.8) is 0 Å². The number of thiophene rings is 1. The molecule has 0 aliphatic carbocycles. The summed E-state index contributed by atoms with van der Waals surface area (Å²) in [6.45, 7) is 4.65. The van der Waals surface area contributed by atoms with Crippen LogP contribution in [0.5, 0.6) is 0 Å². The number of nitrogens with one attached hydrogen (secondary N) is 1. The molecule has 0 aliphatic heterocycles. The number of hydrogen-bond acceptors (Lipinski definition) is 5. The van der Waals surface area contributed by atoms with Gasteiger partial charge >= 0.3 is 0 Å². The van der Waals surface area contributed by atoms with E-state index < -0.39 is 0 Å². The van der Waals surface area contributed by atoms with Crippen LogP contribution in [0.15, 0.2) is 46.2 Å². The fraction of sp³-hybridized carbons (Fsp3) is 0.300. The molecule has 2 aromatic heterocycles. The predicted molar refractivity (Wildman–Crippen MR) is 109 cm³/mol. The van der Waals surface area contributed by atoms with Crippen LogP contribution in [0, 0.1) is 13.8 Å². The molecular formula is C20H22N2O2S2. The minimum atomic E-state index is 0.0572. The van der Waals surface area contributed by atoms with Crippen LogP contribution in [0.2, 0.25) is 0 Å². The van der Waals surface area contributed by atoms with Gasteiger partial charge in [0, 0.05) is 12.3 Å². The highest BCUT2D eigenvalue weighted by Crippen LogP contribution is 2.27. The number of benzene rings is 1. The molecule has 0 fully saturated rings. The maximum Gasteiger partial charge on any atom is 0.236 e. The van der Waals surface area contributed by atoms with E-state index in [0.717, 1.165) is 22.8 Å². The van der Waals surface area contributed by atoms with Crippen LogP contribution in [0.1, 0.15) is 22.6 Å². The normalized spacial score (nSPS) is 10.8. The molecule has 0 saturated heterocycles. The Kier molecular flexibility index (Phi) is 6.52. The van der Waals surface area contributed by atoms with E-state index in [9.17, 15) is 4.79 Å². The van der Waals surface area contributed by atoms with Gasteiger partial charge in [0.05, 0.1) is 16.3 Å². The highest BCUT2D eigenvalue weighted by atomic mass is 32.2. The average Bonchev–Trinajstić information content (AvgIpc) is 3.27. The largest absolute Gasteiger partial charge is 0.440 e. The second-order valence-corrected chi connectivity index (χ2v) is 8.01. The Morgan fingerprint density at radius 3 is 2.77 bits per heavy atom. The first-order chi connectivity index (χ1) is 12.6. The summed E-state index contributed by atoms with van der Waals surface area (Å²) in [5, 5.41) is 4.98. The summed E-state index contributed by atoms with van der Waals surface area (Å²) in [5.41, 5.74) is 3.40. The summed E-state index contributed by atoms with van der Waals surface area (Å²) in [7, 11) is 0. The van der Waals surface area contributed by atoms with Crippen molar-refractivity contribution >= 4 is 29.0 Å². The summed E-state index contributed by atoms with van der Waals surface area (Å²) in [6.07, 6.45) is 0.850. The van der Waals surface area contributed by atoms with E-state index in [2.05, 4.69) is 41.5 Å². The number of carbonyl (C=O) groups excluding carboxylic acids is 1. The predicted octanol–water partition coefficient (Wildman–Crippen LogP) is 4.61. The number of oxazole rings is 1. The molecule has 0 radical (unpaired) electrons. The zero-order valence-electron chi connectivity index (χ0n) is 15.0. The number of aryl methyl sites for hydroxylation is 2. The fourth-order valence-electron chi connectivity index (χ4n) is 2.46. The second-order valence-electron chi connectivity index (χ2n) is 6.08. The van der Waals surface area contributed by atoms with Crippen LogP contribution in [0.25, 0.3) is 10.8 Å². The van der Waals surface area contributed by atoms with E-state index in [4.69, 9.17) is 4.42 Å². The Balaban J connectivity index is 1.39. The number of aromatic nitrogens is 1. The lowest BCUT2D eigenvalue weighted by atomic mass is 10.1. The molecule has 0 bridgehead atoms. The molecule has 0 unspecified atom stereocenters. The fourth-order valence-corrected chi connectivity index (χ4v) is 3.96. The van der Waals surface area contributed by atoms with Gasteiger partial charge in [-0.25, -0.2) is 4.98 Å². The third-order valence-electron chi connectivity index (χ3n) is 3.95. The molecule has 3 aromatic rings. The van der Waals surface area contributed by atoms with E-state index in [-0.39, 0.29) is 5.91 Å². The zero-order chi connectivity index (χ0) is 18.4. The van der Waals surface area contributed by atoms with Gasteiger partial charge < -0.3 is 9.73 Å². The van der Waals surface area contributed by atoms with Crippen molar-refractivity contribution in [1.82, 2.24) is 10.3 Å². The molecule has 0 spiro atoms. The standard InChI is InChI=1S/C20H22N2O2S2/c1-14-5-7-16(8-6-14)9-10-21-19(23)13-25-12-17-15(2)24-20(22-17)18-4-3-11-26-18/h3-8,11H,9-10,12-13H2,1-2H3,(H,21,23).